The van der Waals surface area contributed by atoms with Gasteiger partial charge in [-0.2, -0.15) is 5.26 Å². The minimum absolute atomic E-state index is 0.157. The predicted octanol–water partition coefficient (Wildman–Crippen LogP) is 3.28. The van der Waals surface area contributed by atoms with Crippen molar-refractivity contribution < 1.29 is 9.53 Å². The van der Waals surface area contributed by atoms with E-state index >= 15 is 0 Å². The molecule has 22 heavy (non-hydrogen) atoms. The molecule has 4 nitrogen and oxygen atoms in total. The van der Waals surface area contributed by atoms with Crippen LogP contribution in [0, 0.1) is 11.3 Å². The van der Waals surface area contributed by atoms with E-state index in [2.05, 4.69) is 12.2 Å². The van der Waals surface area contributed by atoms with Crippen molar-refractivity contribution in [2.24, 2.45) is 0 Å². The maximum atomic E-state index is 12.0. The zero-order chi connectivity index (χ0) is 15.8. The van der Waals surface area contributed by atoms with E-state index in [1.54, 1.807) is 24.3 Å². The molecule has 1 amide bonds. The van der Waals surface area contributed by atoms with Gasteiger partial charge in [0.2, 0.25) is 0 Å². The van der Waals surface area contributed by atoms with E-state index in [4.69, 9.17) is 10.00 Å². The fourth-order valence-corrected chi connectivity index (χ4v) is 1.90. The lowest BCUT2D eigenvalue weighted by Crippen LogP contribution is -2.22. The van der Waals surface area contributed by atoms with Crippen molar-refractivity contribution in [3.63, 3.8) is 0 Å². The summed E-state index contributed by atoms with van der Waals surface area (Å²) in [7, 11) is 0. The monoisotopic (exact) mass is 294 g/mol. The van der Waals surface area contributed by atoms with Crippen molar-refractivity contribution in [2.75, 3.05) is 6.61 Å². The van der Waals surface area contributed by atoms with Crippen LogP contribution >= 0.6 is 0 Å². The van der Waals surface area contributed by atoms with Gasteiger partial charge in [-0.25, -0.2) is 0 Å². The second-order valence-electron chi connectivity index (χ2n) is 4.86. The molecule has 0 atom stereocenters. The van der Waals surface area contributed by atoms with Gasteiger partial charge in [0.15, 0.2) is 0 Å². The first-order chi connectivity index (χ1) is 10.7. The summed E-state index contributed by atoms with van der Waals surface area (Å²) in [6.07, 6.45) is 0.975. The molecule has 2 rings (SSSR count). The molecule has 0 aliphatic heterocycles. The molecule has 0 aliphatic rings. The molecule has 1 N–H and O–H groups in total. The van der Waals surface area contributed by atoms with Crippen molar-refractivity contribution in [1.82, 2.24) is 5.32 Å². The van der Waals surface area contributed by atoms with E-state index in [1.165, 1.54) is 0 Å². The molecule has 112 valence electrons. The predicted molar refractivity (Wildman–Crippen MR) is 84.6 cm³/mol. The SMILES string of the molecule is CCCOc1ccc(CNC(=O)c2ccc(C#N)cc2)cc1. The lowest BCUT2D eigenvalue weighted by molar-refractivity contribution is 0.0951. The number of rotatable bonds is 6. The molecule has 0 saturated heterocycles. The number of hydrogen-bond donors (Lipinski definition) is 1. The highest BCUT2D eigenvalue weighted by molar-refractivity contribution is 5.94. The molecular weight excluding hydrogens is 276 g/mol. The van der Waals surface area contributed by atoms with Crippen molar-refractivity contribution in [1.29, 1.82) is 5.26 Å². The molecule has 0 unspecified atom stereocenters. The van der Waals surface area contributed by atoms with Gasteiger partial charge in [0, 0.05) is 12.1 Å². The minimum atomic E-state index is -0.157. The van der Waals surface area contributed by atoms with E-state index in [0.29, 0.717) is 24.3 Å². The van der Waals surface area contributed by atoms with Crippen molar-refractivity contribution in [3.8, 4) is 11.8 Å². The Morgan fingerprint density at radius 2 is 1.82 bits per heavy atom. The molecule has 0 aromatic heterocycles. The molecule has 0 radical (unpaired) electrons. The second kappa shape index (κ2) is 7.84. The lowest BCUT2D eigenvalue weighted by atomic mass is 10.1. The number of nitrogens with zero attached hydrogens (tertiary/aromatic N) is 1. The summed E-state index contributed by atoms with van der Waals surface area (Å²) in [5.74, 6) is 0.680. The molecule has 0 spiro atoms. The third-order valence-electron chi connectivity index (χ3n) is 3.13. The molecule has 0 bridgehead atoms. The highest BCUT2D eigenvalue weighted by atomic mass is 16.5. The molecule has 2 aromatic rings. The quantitative estimate of drug-likeness (QED) is 0.889. The van der Waals surface area contributed by atoms with Crippen LogP contribution in [0.25, 0.3) is 0 Å². The fourth-order valence-electron chi connectivity index (χ4n) is 1.90. The van der Waals surface area contributed by atoms with Crippen LogP contribution in [-0.4, -0.2) is 12.5 Å². The van der Waals surface area contributed by atoms with Crippen LogP contribution in [0.4, 0.5) is 0 Å². The first kappa shape index (κ1) is 15.6. The normalized spacial score (nSPS) is 9.82. The van der Waals surface area contributed by atoms with E-state index in [0.717, 1.165) is 17.7 Å². The van der Waals surface area contributed by atoms with Gasteiger partial charge in [0.05, 0.1) is 18.2 Å². The van der Waals surface area contributed by atoms with E-state index in [-0.39, 0.29) is 5.91 Å². The standard InChI is InChI=1S/C18H18N2O2/c1-2-11-22-17-9-5-15(6-10-17)13-20-18(21)16-7-3-14(12-19)4-8-16/h3-10H,2,11,13H2,1H3,(H,20,21). The maximum absolute atomic E-state index is 12.0. The Bertz CT molecular complexity index is 655. The number of amides is 1. The summed E-state index contributed by atoms with van der Waals surface area (Å²) in [5, 5.41) is 11.6. The molecule has 0 fully saturated rings. The number of ether oxygens (including phenoxy) is 1. The van der Waals surface area contributed by atoms with Gasteiger partial charge in [-0.1, -0.05) is 19.1 Å². The van der Waals surface area contributed by atoms with Gasteiger partial charge in [-0.15, -0.1) is 0 Å². The van der Waals surface area contributed by atoms with Gasteiger partial charge in [0.1, 0.15) is 5.75 Å². The zero-order valence-corrected chi connectivity index (χ0v) is 12.5. The van der Waals surface area contributed by atoms with Crippen LogP contribution < -0.4 is 10.1 Å². The Hall–Kier alpha value is -2.80. The van der Waals surface area contributed by atoms with Crippen LogP contribution in [0.15, 0.2) is 48.5 Å². The Balaban J connectivity index is 1.88. The Morgan fingerprint density at radius 3 is 2.41 bits per heavy atom. The molecule has 0 saturated carbocycles. The van der Waals surface area contributed by atoms with Gasteiger partial charge in [-0.3, -0.25) is 4.79 Å². The number of nitrogens with one attached hydrogen (secondary N) is 1. The molecule has 2 aromatic carbocycles. The summed E-state index contributed by atoms with van der Waals surface area (Å²) in [6, 6.07) is 16.3. The Kier molecular flexibility index (Phi) is 5.56. The lowest BCUT2D eigenvalue weighted by Gasteiger charge is -2.07. The summed E-state index contributed by atoms with van der Waals surface area (Å²) in [5.41, 5.74) is 2.09. The van der Waals surface area contributed by atoms with Crippen LogP contribution in [-0.2, 0) is 6.54 Å². The molecule has 0 heterocycles. The van der Waals surface area contributed by atoms with Crippen LogP contribution in [0.1, 0.15) is 34.8 Å². The van der Waals surface area contributed by atoms with Gasteiger partial charge < -0.3 is 10.1 Å². The van der Waals surface area contributed by atoms with Crippen LogP contribution in [0.2, 0.25) is 0 Å². The number of hydrogen-bond acceptors (Lipinski definition) is 3. The number of carbonyl (C=O) groups is 1. The van der Waals surface area contributed by atoms with E-state index in [1.807, 2.05) is 30.3 Å². The van der Waals surface area contributed by atoms with Gasteiger partial charge >= 0.3 is 0 Å². The third-order valence-corrected chi connectivity index (χ3v) is 3.13. The maximum Gasteiger partial charge on any atom is 0.251 e. The van der Waals surface area contributed by atoms with Crippen molar-refractivity contribution in [3.05, 3.63) is 65.2 Å². The van der Waals surface area contributed by atoms with Gasteiger partial charge in [0.25, 0.3) is 5.91 Å². The summed E-state index contributed by atoms with van der Waals surface area (Å²) in [4.78, 5) is 12.0. The topological polar surface area (TPSA) is 62.1 Å². The summed E-state index contributed by atoms with van der Waals surface area (Å²) >= 11 is 0. The van der Waals surface area contributed by atoms with Gasteiger partial charge in [-0.05, 0) is 48.4 Å². The van der Waals surface area contributed by atoms with E-state index in [9.17, 15) is 4.79 Å². The largest absolute Gasteiger partial charge is 0.494 e. The number of nitriles is 1. The third kappa shape index (κ3) is 4.35. The number of carbonyl (C=O) groups excluding carboxylic acids is 1. The molecule has 4 heteroatoms. The highest BCUT2D eigenvalue weighted by Crippen LogP contribution is 2.12. The average Bonchev–Trinajstić information content (AvgIpc) is 2.58. The summed E-state index contributed by atoms with van der Waals surface area (Å²) in [6.45, 7) is 3.22. The zero-order valence-electron chi connectivity index (χ0n) is 12.5. The Morgan fingerprint density at radius 1 is 1.14 bits per heavy atom. The van der Waals surface area contributed by atoms with Crippen LogP contribution in [0.3, 0.4) is 0 Å². The molecular formula is C18H18N2O2. The molecule has 0 aliphatic carbocycles. The van der Waals surface area contributed by atoms with Crippen LogP contribution in [0.5, 0.6) is 5.75 Å². The van der Waals surface area contributed by atoms with Crippen molar-refractivity contribution in [2.45, 2.75) is 19.9 Å². The van der Waals surface area contributed by atoms with E-state index < -0.39 is 0 Å². The second-order valence-corrected chi connectivity index (χ2v) is 4.86. The highest BCUT2D eigenvalue weighted by Gasteiger charge is 2.05. The first-order valence-electron chi connectivity index (χ1n) is 7.23. The number of benzene rings is 2. The smallest absolute Gasteiger partial charge is 0.251 e. The average molecular weight is 294 g/mol. The first-order valence-corrected chi connectivity index (χ1v) is 7.23. The Labute approximate surface area is 130 Å². The minimum Gasteiger partial charge on any atom is -0.494 e. The fraction of sp³-hybridized carbons (Fsp3) is 0.222. The van der Waals surface area contributed by atoms with Crippen molar-refractivity contribution >= 4 is 5.91 Å². The summed E-state index contributed by atoms with van der Waals surface area (Å²) < 4.78 is 5.51.